The number of ether oxygens (including phenoxy) is 1. The summed E-state index contributed by atoms with van der Waals surface area (Å²) in [6.45, 7) is 2.47. The van der Waals surface area contributed by atoms with Crippen LogP contribution in [0, 0.1) is 0 Å². The van der Waals surface area contributed by atoms with Crippen molar-refractivity contribution in [3.8, 4) is 0 Å². The normalized spacial score (nSPS) is 12.4. The summed E-state index contributed by atoms with van der Waals surface area (Å²) in [6, 6.07) is 0. The molecule has 1 unspecified atom stereocenters. The van der Waals surface area contributed by atoms with E-state index in [1.807, 2.05) is 6.92 Å². The Kier molecular flexibility index (Phi) is 4.67. The van der Waals surface area contributed by atoms with E-state index in [1.54, 1.807) is 0 Å². The minimum atomic E-state index is -1.19. The van der Waals surface area contributed by atoms with Gasteiger partial charge in [-0.2, -0.15) is 15.0 Å². The lowest BCUT2D eigenvalue weighted by atomic mass is 10.4. The van der Waals surface area contributed by atoms with E-state index in [2.05, 4.69) is 20.3 Å². The van der Waals surface area contributed by atoms with Crippen LogP contribution >= 0.6 is 0 Å². The van der Waals surface area contributed by atoms with E-state index in [-0.39, 0.29) is 17.8 Å². The minimum absolute atomic E-state index is 0.0178. The van der Waals surface area contributed by atoms with Gasteiger partial charge in [-0.3, -0.25) is 0 Å². The first kappa shape index (κ1) is 12.4. The Morgan fingerprint density at radius 3 is 2.50 bits per heavy atom. The third kappa shape index (κ3) is 4.24. The predicted octanol–water partition coefficient (Wildman–Crippen LogP) is -0.459. The lowest BCUT2D eigenvalue weighted by molar-refractivity contribution is -0.0792. The van der Waals surface area contributed by atoms with Crippen LogP contribution in [-0.2, 0) is 4.74 Å². The number of nitrogens with one attached hydrogen (secondary N) is 1. The molecule has 1 aromatic heterocycles. The zero-order valence-corrected chi connectivity index (χ0v) is 9.05. The average Bonchev–Trinajstić information content (AvgIpc) is 2.16. The summed E-state index contributed by atoms with van der Waals surface area (Å²) in [5.74, 6) is 0.0421. The van der Waals surface area contributed by atoms with Crippen LogP contribution in [0.2, 0.25) is 0 Å². The lowest BCUT2D eigenvalue weighted by Gasteiger charge is -2.13. The van der Waals surface area contributed by atoms with Crippen LogP contribution in [-0.4, -0.2) is 33.1 Å². The van der Waals surface area contributed by atoms with E-state index >= 15 is 0 Å². The minimum Gasteiger partial charge on any atom is -0.368 e. The van der Waals surface area contributed by atoms with E-state index in [1.165, 1.54) is 0 Å². The summed E-state index contributed by atoms with van der Waals surface area (Å²) in [5, 5.41) is 11.9. The summed E-state index contributed by atoms with van der Waals surface area (Å²) in [5.41, 5.74) is 10.7. The highest BCUT2D eigenvalue weighted by atomic mass is 16.6. The average molecular weight is 228 g/mol. The molecule has 90 valence electrons. The number of anilines is 3. The van der Waals surface area contributed by atoms with Crippen LogP contribution in [0.3, 0.4) is 0 Å². The second kappa shape index (κ2) is 6.03. The molecule has 6 N–H and O–H groups in total. The summed E-state index contributed by atoms with van der Waals surface area (Å²) >= 11 is 0. The molecule has 0 aromatic carbocycles. The number of nitrogens with two attached hydrogens (primary N) is 2. The lowest BCUT2D eigenvalue weighted by Crippen LogP contribution is -2.24. The molecule has 1 aromatic rings. The van der Waals surface area contributed by atoms with Gasteiger partial charge in [-0.25, -0.2) is 0 Å². The molecule has 8 nitrogen and oxygen atoms in total. The molecule has 0 amide bonds. The van der Waals surface area contributed by atoms with E-state index in [0.29, 0.717) is 6.61 Å². The summed E-state index contributed by atoms with van der Waals surface area (Å²) in [7, 11) is 0. The van der Waals surface area contributed by atoms with Crippen LogP contribution < -0.4 is 16.8 Å². The largest absolute Gasteiger partial charge is 0.368 e. The SMILES string of the molecule is CCCCOC(O)Nc1nc(N)nc(N)n1. The van der Waals surface area contributed by atoms with E-state index in [9.17, 15) is 5.11 Å². The zero-order chi connectivity index (χ0) is 12.0. The monoisotopic (exact) mass is 228 g/mol. The third-order valence-corrected chi connectivity index (χ3v) is 1.70. The van der Waals surface area contributed by atoms with Crippen molar-refractivity contribution >= 4 is 17.8 Å². The fourth-order valence-electron chi connectivity index (χ4n) is 0.965. The van der Waals surface area contributed by atoms with Crippen molar-refractivity contribution in [3.63, 3.8) is 0 Å². The van der Waals surface area contributed by atoms with Crippen LogP contribution in [0.5, 0.6) is 0 Å². The maximum atomic E-state index is 9.40. The van der Waals surface area contributed by atoms with Gasteiger partial charge in [0.05, 0.1) is 6.61 Å². The van der Waals surface area contributed by atoms with Crippen molar-refractivity contribution in [3.05, 3.63) is 0 Å². The Balaban J connectivity index is 2.45. The quantitative estimate of drug-likeness (QED) is 0.380. The molecule has 0 saturated carbocycles. The van der Waals surface area contributed by atoms with Crippen molar-refractivity contribution in [1.29, 1.82) is 0 Å². The van der Waals surface area contributed by atoms with Crippen molar-refractivity contribution in [2.75, 3.05) is 23.4 Å². The first-order valence-corrected chi connectivity index (χ1v) is 4.95. The highest BCUT2D eigenvalue weighted by molar-refractivity contribution is 5.36. The van der Waals surface area contributed by atoms with Crippen LogP contribution in [0.4, 0.5) is 17.8 Å². The summed E-state index contributed by atoms with van der Waals surface area (Å²) in [6.07, 6.45) is 0.659. The first-order valence-electron chi connectivity index (χ1n) is 4.95. The van der Waals surface area contributed by atoms with Crippen LogP contribution in [0.1, 0.15) is 19.8 Å². The highest BCUT2D eigenvalue weighted by Gasteiger charge is 2.07. The smallest absolute Gasteiger partial charge is 0.237 e. The maximum Gasteiger partial charge on any atom is 0.237 e. The van der Waals surface area contributed by atoms with Gasteiger partial charge in [-0.05, 0) is 6.42 Å². The van der Waals surface area contributed by atoms with Crippen molar-refractivity contribution in [1.82, 2.24) is 15.0 Å². The molecule has 0 aliphatic heterocycles. The predicted molar refractivity (Wildman–Crippen MR) is 59.1 cm³/mol. The van der Waals surface area contributed by atoms with Crippen LogP contribution in [0.25, 0.3) is 0 Å². The van der Waals surface area contributed by atoms with Gasteiger partial charge in [0.2, 0.25) is 24.3 Å². The standard InChI is InChI=1S/C8H16N6O2/c1-2-3-4-16-8(15)14-7-12-5(9)11-6(10)13-7/h8,15H,2-4H2,1H3,(H5,9,10,11,12,13,14). The molecule has 0 aliphatic rings. The number of aromatic nitrogens is 3. The van der Waals surface area contributed by atoms with Gasteiger partial charge < -0.3 is 26.6 Å². The number of nitrogens with zero attached hydrogens (tertiary/aromatic N) is 3. The molecule has 0 bridgehead atoms. The topological polar surface area (TPSA) is 132 Å². The van der Waals surface area contributed by atoms with E-state index in [4.69, 9.17) is 16.2 Å². The Labute approximate surface area is 93.1 Å². The molecule has 0 saturated heterocycles. The van der Waals surface area contributed by atoms with Crippen molar-refractivity contribution in [2.45, 2.75) is 26.2 Å². The number of rotatable bonds is 6. The maximum absolute atomic E-state index is 9.40. The molecule has 16 heavy (non-hydrogen) atoms. The van der Waals surface area contributed by atoms with Crippen molar-refractivity contribution in [2.24, 2.45) is 0 Å². The number of aliphatic hydroxyl groups is 1. The molecule has 1 heterocycles. The Bertz CT molecular complexity index is 314. The fraction of sp³-hybridized carbons (Fsp3) is 0.625. The van der Waals surface area contributed by atoms with Gasteiger partial charge in [0, 0.05) is 0 Å². The van der Waals surface area contributed by atoms with Gasteiger partial charge in [0.1, 0.15) is 0 Å². The zero-order valence-electron chi connectivity index (χ0n) is 9.05. The van der Waals surface area contributed by atoms with Gasteiger partial charge in [-0.15, -0.1) is 0 Å². The molecule has 1 atom stereocenters. The molecule has 0 aliphatic carbocycles. The van der Waals surface area contributed by atoms with Gasteiger partial charge >= 0.3 is 0 Å². The number of hydrogen-bond donors (Lipinski definition) is 4. The number of aliphatic hydroxyl groups excluding tert-OH is 1. The van der Waals surface area contributed by atoms with Gasteiger partial charge in [0.25, 0.3) is 0 Å². The van der Waals surface area contributed by atoms with E-state index < -0.39 is 6.41 Å². The first-order chi connectivity index (χ1) is 7.61. The van der Waals surface area contributed by atoms with E-state index in [0.717, 1.165) is 12.8 Å². The Morgan fingerprint density at radius 1 is 1.31 bits per heavy atom. The number of unbranched alkanes of at least 4 members (excludes halogenated alkanes) is 1. The fourth-order valence-corrected chi connectivity index (χ4v) is 0.965. The number of nitrogen functional groups attached to an aromatic ring is 2. The van der Waals surface area contributed by atoms with Gasteiger partial charge in [0.15, 0.2) is 0 Å². The molecular weight excluding hydrogens is 212 g/mol. The third-order valence-electron chi connectivity index (χ3n) is 1.70. The Hall–Kier alpha value is -1.67. The molecule has 1 rings (SSSR count). The summed E-state index contributed by atoms with van der Waals surface area (Å²) < 4.78 is 5.03. The number of hydrogen-bond acceptors (Lipinski definition) is 8. The molecular formula is C8H16N6O2. The second-order valence-electron chi connectivity index (χ2n) is 3.10. The van der Waals surface area contributed by atoms with Crippen molar-refractivity contribution < 1.29 is 9.84 Å². The second-order valence-corrected chi connectivity index (χ2v) is 3.10. The molecule has 8 heteroatoms. The molecule has 0 spiro atoms. The summed E-state index contributed by atoms with van der Waals surface area (Å²) in [4.78, 5) is 11.0. The molecule has 0 fully saturated rings. The Morgan fingerprint density at radius 2 is 1.94 bits per heavy atom. The highest BCUT2D eigenvalue weighted by Crippen LogP contribution is 2.05. The van der Waals surface area contributed by atoms with Crippen LogP contribution in [0.15, 0.2) is 0 Å². The molecule has 0 radical (unpaired) electrons. The van der Waals surface area contributed by atoms with Gasteiger partial charge in [-0.1, -0.05) is 13.3 Å².